The van der Waals surface area contributed by atoms with Gasteiger partial charge < -0.3 is 15.3 Å². The third-order valence-electron chi connectivity index (χ3n) is 5.23. The van der Waals surface area contributed by atoms with Gasteiger partial charge in [-0.2, -0.15) is 0 Å². The van der Waals surface area contributed by atoms with Crippen molar-refractivity contribution in [2.75, 3.05) is 0 Å². The first-order chi connectivity index (χ1) is 10.6. The van der Waals surface area contributed by atoms with Crippen LogP contribution in [0.4, 0.5) is 0 Å². The van der Waals surface area contributed by atoms with E-state index >= 15 is 0 Å². The first-order valence-corrected chi connectivity index (χ1v) is 8.50. The number of hydrogen-bond donors (Lipinski definition) is 3. The molecule has 0 radical (unpaired) electrons. The molecule has 0 aromatic rings. The lowest BCUT2D eigenvalue weighted by Gasteiger charge is -2.28. The van der Waals surface area contributed by atoms with E-state index in [9.17, 15) is 15.3 Å². The van der Waals surface area contributed by atoms with E-state index in [0.29, 0.717) is 17.4 Å². The summed E-state index contributed by atoms with van der Waals surface area (Å²) in [5.41, 5.74) is 2.24. The molecule has 3 aliphatic carbocycles. The van der Waals surface area contributed by atoms with Crippen LogP contribution in [-0.2, 0) is 0 Å². The molecule has 0 aromatic carbocycles. The lowest BCUT2D eigenvalue weighted by molar-refractivity contribution is 0.150. The minimum atomic E-state index is -0.220. The summed E-state index contributed by atoms with van der Waals surface area (Å²) in [4.78, 5) is 0. The van der Waals surface area contributed by atoms with Gasteiger partial charge in [-0.15, -0.1) is 0 Å². The summed E-state index contributed by atoms with van der Waals surface area (Å²) in [5.74, 6) is 1.03. The molecular weight excluding hydrogens is 276 g/mol. The molecule has 0 amide bonds. The first-order valence-electron chi connectivity index (χ1n) is 8.50. The van der Waals surface area contributed by atoms with E-state index in [1.807, 2.05) is 12.2 Å². The molecule has 0 heterocycles. The summed E-state index contributed by atoms with van der Waals surface area (Å²) < 4.78 is 0. The molecule has 22 heavy (non-hydrogen) atoms. The van der Waals surface area contributed by atoms with Gasteiger partial charge in [-0.3, -0.25) is 0 Å². The van der Waals surface area contributed by atoms with E-state index in [2.05, 4.69) is 6.08 Å². The molecule has 3 aliphatic rings. The molecule has 1 saturated carbocycles. The molecule has 3 unspecified atom stereocenters. The number of rotatable bonds is 0. The highest BCUT2D eigenvalue weighted by atomic mass is 16.3. The molecule has 3 nitrogen and oxygen atoms in total. The molecule has 0 aromatic heterocycles. The Labute approximate surface area is 132 Å². The Balaban J connectivity index is 1.86. The molecular formula is C19H26O3. The minimum absolute atomic E-state index is 0.0923. The van der Waals surface area contributed by atoms with Crippen molar-refractivity contribution >= 4 is 0 Å². The average molecular weight is 302 g/mol. The highest BCUT2D eigenvalue weighted by molar-refractivity contribution is 5.36. The van der Waals surface area contributed by atoms with Crippen LogP contribution in [-0.4, -0.2) is 21.4 Å². The number of allylic oxidation sites excluding steroid dienone is 6. The van der Waals surface area contributed by atoms with Crippen LogP contribution in [0.25, 0.3) is 0 Å². The van der Waals surface area contributed by atoms with Gasteiger partial charge >= 0.3 is 0 Å². The van der Waals surface area contributed by atoms with Gasteiger partial charge in [0.2, 0.25) is 0 Å². The Morgan fingerprint density at radius 3 is 2.64 bits per heavy atom. The summed E-state index contributed by atoms with van der Waals surface area (Å²) in [6.45, 7) is 0. The van der Waals surface area contributed by atoms with Crippen LogP contribution in [0, 0.1) is 11.8 Å². The van der Waals surface area contributed by atoms with Gasteiger partial charge in [0, 0.05) is 5.92 Å². The fraction of sp³-hybridized carbons (Fsp3) is 0.579. The molecule has 0 aliphatic heterocycles. The molecule has 3 heteroatoms. The lowest BCUT2D eigenvalue weighted by Crippen LogP contribution is -2.18. The fourth-order valence-corrected chi connectivity index (χ4v) is 3.83. The zero-order valence-corrected chi connectivity index (χ0v) is 13.0. The second-order valence-corrected chi connectivity index (χ2v) is 6.88. The van der Waals surface area contributed by atoms with Crippen molar-refractivity contribution < 1.29 is 15.3 Å². The Bertz CT molecular complexity index is 539. The summed E-state index contributed by atoms with van der Waals surface area (Å²) in [5, 5.41) is 30.6. The van der Waals surface area contributed by atoms with Crippen molar-refractivity contribution in [2.45, 2.75) is 57.5 Å². The quantitative estimate of drug-likeness (QED) is 0.618. The Kier molecular flexibility index (Phi) is 4.72. The predicted molar refractivity (Wildman–Crippen MR) is 87.5 cm³/mol. The lowest BCUT2D eigenvalue weighted by atomic mass is 9.78. The summed E-state index contributed by atoms with van der Waals surface area (Å²) in [6.07, 6.45) is 14.8. The van der Waals surface area contributed by atoms with Crippen molar-refractivity contribution in [2.24, 2.45) is 11.8 Å². The topological polar surface area (TPSA) is 60.7 Å². The molecule has 3 atom stereocenters. The maximum absolute atomic E-state index is 10.3. The van der Waals surface area contributed by atoms with E-state index in [1.165, 1.54) is 5.57 Å². The zero-order chi connectivity index (χ0) is 15.5. The van der Waals surface area contributed by atoms with Crippen LogP contribution in [0.3, 0.4) is 0 Å². The van der Waals surface area contributed by atoms with Crippen LogP contribution in [0.5, 0.6) is 0 Å². The van der Waals surface area contributed by atoms with Crippen molar-refractivity contribution in [3.8, 4) is 0 Å². The molecule has 3 N–H and O–H groups in total. The SMILES string of the molecule is OC1=CC=C2CCC(O)CCCCC3C=CC(O)=C(C3)C1C2. The van der Waals surface area contributed by atoms with Gasteiger partial charge in [0.15, 0.2) is 0 Å². The van der Waals surface area contributed by atoms with Crippen molar-refractivity contribution in [1.29, 1.82) is 0 Å². The van der Waals surface area contributed by atoms with Gasteiger partial charge in [0.05, 0.1) is 11.9 Å². The van der Waals surface area contributed by atoms with Crippen molar-refractivity contribution in [1.82, 2.24) is 0 Å². The zero-order valence-electron chi connectivity index (χ0n) is 13.0. The maximum atomic E-state index is 10.3. The standard InChI is InChI=1S/C19H26O3/c20-15-4-2-1-3-13-6-9-18(21)16(11-13)17-12-14(5-8-15)7-10-19(17)22/h6-7,9-10,13,15,17,20-22H,1-5,8,11-12H2. The van der Waals surface area contributed by atoms with Gasteiger partial charge in [-0.05, 0) is 62.2 Å². The first kappa shape index (κ1) is 15.4. The van der Waals surface area contributed by atoms with Gasteiger partial charge in [0.25, 0.3) is 0 Å². The van der Waals surface area contributed by atoms with Gasteiger partial charge in [-0.25, -0.2) is 0 Å². The third kappa shape index (κ3) is 3.46. The number of aliphatic hydroxyl groups excluding tert-OH is 3. The van der Waals surface area contributed by atoms with Gasteiger partial charge in [0.1, 0.15) is 5.76 Å². The molecule has 0 saturated heterocycles. The van der Waals surface area contributed by atoms with Crippen LogP contribution < -0.4 is 0 Å². The monoisotopic (exact) mass is 302 g/mol. The smallest absolute Gasteiger partial charge is 0.115 e. The molecule has 3 rings (SSSR count). The largest absolute Gasteiger partial charge is 0.512 e. The van der Waals surface area contributed by atoms with E-state index in [1.54, 1.807) is 6.08 Å². The molecule has 1 fully saturated rings. The van der Waals surface area contributed by atoms with Gasteiger partial charge in [-0.1, -0.05) is 30.6 Å². The number of hydrogen-bond acceptors (Lipinski definition) is 3. The molecule has 4 bridgehead atoms. The Morgan fingerprint density at radius 1 is 0.955 bits per heavy atom. The van der Waals surface area contributed by atoms with E-state index in [-0.39, 0.29) is 12.0 Å². The predicted octanol–water partition coefficient (Wildman–Crippen LogP) is 4.48. The molecule has 120 valence electrons. The normalized spacial score (nSPS) is 33.2. The number of fused-ring (bicyclic) bond motifs is 5. The average Bonchev–Trinajstić information content (AvgIpc) is 2.52. The Morgan fingerprint density at radius 2 is 1.77 bits per heavy atom. The van der Waals surface area contributed by atoms with Crippen LogP contribution in [0.2, 0.25) is 0 Å². The summed E-state index contributed by atoms with van der Waals surface area (Å²) in [7, 11) is 0. The highest BCUT2D eigenvalue weighted by Crippen LogP contribution is 2.39. The minimum Gasteiger partial charge on any atom is -0.512 e. The third-order valence-corrected chi connectivity index (χ3v) is 5.23. The van der Waals surface area contributed by atoms with Crippen LogP contribution in [0.15, 0.2) is 47.0 Å². The van der Waals surface area contributed by atoms with Crippen molar-refractivity contribution in [3.05, 3.63) is 47.0 Å². The highest BCUT2D eigenvalue weighted by Gasteiger charge is 2.29. The van der Waals surface area contributed by atoms with Crippen LogP contribution in [0.1, 0.15) is 51.4 Å². The molecule has 0 spiro atoms. The fourth-order valence-electron chi connectivity index (χ4n) is 3.83. The van der Waals surface area contributed by atoms with E-state index in [0.717, 1.165) is 56.9 Å². The summed E-state index contributed by atoms with van der Waals surface area (Å²) >= 11 is 0. The van der Waals surface area contributed by atoms with Crippen LogP contribution >= 0.6 is 0 Å². The second-order valence-electron chi connectivity index (χ2n) is 6.88. The second kappa shape index (κ2) is 6.74. The maximum Gasteiger partial charge on any atom is 0.115 e. The van der Waals surface area contributed by atoms with E-state index in [4.69, 9.17) is 0 Å². The van der Waals surface area contributed by atoms with E-state index < -0.39 is 0 Å². The number of aliphatic hydroxyl groups is 3. The summed E-state index contributed by atoms with van der Waals surface area (Å²) in [6, 6.07) is 0. The van der Waals surface area contributed by atoms with Crippen molar-refractivity contribution in [3.63, 3.8) is 0 Å². The Hall–Kier alpha value is -1.48.